The molecule has 132 valence electrons. The zero-order valence-corrected chi connectivity index (χ0v) is 14.0. The van der Waals surface area contributed by atoms with E-state index in [1.807, 2.05) is 0 Å². The average molecular weight is 333 g/mol. The highest BCUT2D eigenvalue weighted by Gasteiger charge is 2.35. The highest BCUT2D eigenvalue weighted by Crippen LogP contribution is 2.15. The van der Waals surface area contributed by atoms with E-state index in [0.29, 0.717) is 0 Å². The van der Waals surface area contributed by atoms with Crippen LogP contribution in [0, 0.1) is 0 Å². The number of carboxylic acid groups (broad SMARTS) is 1. The molecule has 1 atom stereocenters. The third-order valence-corrected chi connectivity index (χ3v) is 2.66. The van der Waals surface area contributed by atoms with E-state index in [1.165, 1.54) is 7.11 Å². The fourth-order valence-electron chi connectivity index (χ4n) is 1.58. The summed E-state index contributed by atoms with van der Waals surface area (Å²) in [6.45, 7) is 4.56. The van der Waals surface area contributed by atoms with Crippen molar-refractivity contribution in [1.82, 2.24) is 4.90 Å². The van der Waals surface area contributed by atoms with Gasteiger partial charge in [-0.15, -0.1) is 0 Å². The predicted octanol–water partition coefficient (Wildman–Crippen LogP) is 0.803. The molecule has 0 saturated heterocycles. The predicted molar refractivity (Wildman–Crippen MR) is 77.6 cm³/mol. The molecule has 0 aromatic heterocycles. The molecule has 0 aliphatic heterocycles. The van der Waals surface area contributed by atoms with Crippen LogP contribution in [0.15, 0.2) is 0 Å². The van der Waals surface area contributed by atoms with Crippen LogP contribution in [0.25, 0.3) is 0 Å². The third kappa shape index (κ3) is 8.03. The summed E-state index contributed by atoms with van der Waals surface area (Å²) in [7, 11) is 2.27. The lowest BCUT2D eigenvalue weighted by Gasteiger charge is -2.30. The van der Waals surface area contributed by atoms with Crippen LogP contribution in [0.2, 0.25) is 0 Å². The van der Waals surface area contributed by atoms with Gasteiger partial charge in [0.15, 0.2) is 0 Å². The molecule has 0 aromatic carbocycles. The van der Waals surface area contributed by atoms with Gasteiger partial charge < -0.3 is 19.3 Å². The molecule has 0 rings (SSSR count). The number of nitrogens with zero attached hydrogens (tertiary/aromatic N) is 1. The summed E-state index contributed by atoms with van der Waals surface area (Å²) in [5.41, 5.74) is -0.866. The molecule has 0 aliphatic rings. The second kappa shape index (κ2) is 8.96. The molecule has 0 fully saturated rings. The molecule has 0 radical (unpaired) electrons. The lowest BCUT2D eigenvalue weighted by Crippen LogP contribution is -2.49. The minimum atomic E-state index is -1.51. The first kappa shape index (κ1) is 20.7. The van der Waals surface area contributed by atoms with Crippen molar-refractivity contribution < 1.29 is 38.5 Å². The minimum absolute atomic E-state index is 0.235. The monoisotopic (exact) mass is 333 g/mol. The Hall–Kier alpha value is -2.32. The molecule has 23 heavy (non-hydrogen) atoms. The van der Waals surface area contributed by atoms with Crippen molar-refractivity contribution in [1.29, 1.82) is 0 Å². The first-order chi connectivity index (χ1) is 10.5. The van der Waals surface area contributed by atoms with Gasteiger partial charge in [-0.05, 0) is 20.8 Å². The van der Waals surface area contributed by atoms with Gasteiger partial charge in [-0.2, -0.15) is 0 Å². The second-order valence-corrected chi connectivity index (χ2v) is 5.63. The quantitative estimate of drug-likeness (QED) is 0.537. The van der Waals surface area contributed by atoms with Gasteiger partial charge in [0.1, 0.15) is 11.6 Å². The van der Waals surface area contributed by atoms with E-state index in [4.69, 9.17) is 4.74 Å². The number of carbonyl (C=O) groups excluding carboxylic acids is 3. The summed E-state index contributed by atoms with van der Waals surface area (Å²) in [4.78, 5) is 47.1. The van der Waals surface area contributed by atoms with Crippen LogP contribution in [0.3, 0.4) is 0 Å². The first-order valence-corrected chi connectivity index (χ1v) is 6.88. The molecule has 1 N–H and O–H groups in total. The maximum Gasteiger partial charge on any atom is 0.411 e. The van der Waals surface area contributed by atoms with Gasteiger partial charge in [-0.3, -0.25) is 14.5 Å². The van der Waals surface area contributed by atoms with E-state index in [-0.39, 0.29) is 13.0 Å². The van der Waals surface area contributed by atoms with Crippen LogP contribution >= 0.6 is 0 Å². The number of ether oxygens (including phenoxy) is 3. The lowest BCUT2D eigenvalue weighted by molar-refractivity contribution is -0.151. The topological polar surface area (TPSA) is 119 Å². The van der Waals surface area contributed by atoms with Gasteiger partial charge in [-0.1, -0.05) is 0 Å². The van der Waals surface area contributed by atoms with Crippen molar-refractivity contribution in [3.63, 3.8) is 0 Å². The molecule has 0 heterocycles. The molecule has 0 aliphatic carbocycles. The lowest BCUT2D eigenvalue weighted by atomic mass is 10.1. The summed E-state index contributed by atoms with van der Waals surface area (Å²) in [6.07, 6.45) is -1.75. The summed E-state index contributed by atoms with van der Waals surface area (Å²) in [5, 5.41) is 9.28. The summed E-state index contributed by atoms with van der Waals surface area (Å²) < 4.78 is 14.0. The molecule has 0 bridgehead atoms. The molecule has 0 aromatic rings. The Bertz CT molecular complexity index is 454. The molecule has 0 saturated carbocycles. The summed E-state index contributed by atoms with van der Waals surface area (Å²) >= 11 is 0. The van der Waals surface area contributed by atoms with Crippen LogP contribution in [0.4, 0.5) is 4.79 Å². The minimum Gasteiger partial charge on any atom is -0.480 e. The standard InChI is InChI=1S/C14H23NO8/c1-14(2,3)23-13(20)15(7-6-10(16)21-4)9(12(18)19)8-11(17)22-5/h9H,6-8H2,1-5H3,(H,18,19). The maximum absolute atomic E-state index is 12.2. The fourth-order valence-corrected chi connectivity index (χ4v) is 1.58. The number of carboxylic acids is 1. The Kier molecular flexibility index (Phi) is 8.06. The number of carbonyl (C=O) groups is 4. The van der Waals surface area contributed by atoms with Crippen LogP contribution in [0.5, 0.6) is 0 Å². The van der Waals surface area contributed by atoms with Gasteiger partial charge in [0.25, 0.3) is 0 Å². The normalized spacial score (nSPS) is 12.0. The molecule has 1 unspecified atom stereocenters. The van der Waals surface area contributed by atoms with E-state index < -0.39 is 42.1 Å². The first-order valence-electron chi connectivity index (χ1n) is 6.88. The number of esters is 2. The van der Waals surface area contributed by atoms with Crippen LogP contribution < -0.4 is 0 Å². The Balaban J connectivity index is 5.32. The zero-order valence-electron chi connectivity index (χ0n) is 14.0. The second-order valence-electron chi connectivity index (χ2n) is 5.63. The van der Waals surface area contributed by atoms with Crippen molar-refractivity contribution >= 4 is 24.0 Å². The number of methoxy groups -OCH3 is 2. The largest absolute Gasteiger partial charge is 0.480 e. The van der Waals surface area contributed by atoms with Gasteiger partial charge in [-0.25, -0.2) is 9.59 Å². The summed E-state index contributed by atoms with van der Waals surface area (Å²) in [5.74, 6) is -2.84. The van der Waals surface area contributed by atoms with E-state index in [9.17, 15) is 24.3 Å². The number of hydrogen-bond donors (Lipinski definition) is 1. The van der Waals surface area contributed by atoms with Gasteiger partial charge >= 0.3 is 24.0 Å². The highest BCUT2D eigenvalue weighted by atomic mass is 16.6. The van der Waals surface area contributed by atoms with E-state index in [2.05, 4.69) is 9.47 Å². The van der Waals surface area contributed by atoms with Crippen molar-refractivity contribution in [2.24, 2.45) is 0 Å². The maximum atomic E-state index is 12.2. The third-order valence-electron chi connectivity index (χ3n) is 2.66. The number of amides is 1. The van der Waals surface area contributed by atoms with E-state index >= 15 is 0 Å². The van der Waals surface area contributed by atoms with Crippen molar-refractivity contribution in [2.75, 3.05) is 20.8 Å². The van der Waals surface area contributed by atoms with Crippen molar-refractivity contribution in [3.05, 3.63) is 0 Å². The Morgan fingerprint density at radius 1 is 1.04 bits per heavy atom. The van der Waals surface area contributed by atoms with Crippen LogP contribution in [-0.4, -0.2) is 66.4 Å². The average Bonchev–Trinajstić information content (AvgIpc) is 2.43. The molecular formula is C14H23NO8. The number of hydrogen-bond acceptors (Lipinski definition) is 7. The van der Waals surface area contributed by atoms with Crippen molar-refractivity contribution in [3.8, 4) is 0 Å². The van der Waals surface area contributed by atoms with Crippen molar-refractivity contribution in [2.45, 2.75) is 45.3 Å². The SMILES string of the molecule is COC(=O)CCN(C(=O)OC(C)(C)C)C(CC(=O)OC)C(=O)O. The Morgan fingerprint density at radius 2 is 1.57 bits per heavy atom. The molecular weight excluding hydrogens is 310 g/mol. The molecule has 1 amide bonds. The fraction of sp³-hybridized carbons (Fsp3) is 0.714. The number of rotatable bonds is 7. The van der Waals surface area contributed by atoms with Gasteiger partial charge in [0.2, 0.25) is 0 Å². The zero-order chi connectivity index (χ0) is 18.2. The Morgan fingerprint density at radius 3 is 1.96 bits per heavy atom. The van der Waals surface area contributed by atoms with Crippen LogP contribution in [-0.2, 0) is 28.6 Å². The van der Waals surface area contributed by atoms with E-state index in [0.717, 1.165) is 12.0 Å². The smallest absolute Gasteiger partial charge is 0.411 e. The van der Waals surface area contributed by atoms with Crippen LogP contribution in [0.1, 0.15) is 33.6 Å². The highest BCUT2D eigenvalue weighted by molar-refractivity contribution is 5.85. The molecule has 9 nitrogen and oxygen atoms in total. The van der Waals surface area contributed by atoms with E-state index in [1.54, 1.807) is 20.8 Å². The van der Waals surface area contributed by atoms with Gasteiger partial charge in [0, 0.05) is 6.54 Å². The Labute approximate surface area is 134 Å². The number of aliphatic carboxylic acids is 1. The molecule has 0 spiro atoms. The van der Waals surface area contributed by atoms with Gasteiger partial charge in [0.05, 0.1) is 27.1 Å². The molecule has 9 heteroatoms. The summed E-state index contributed by atoms with van der Waals surface area (Å²) in [6, 6.07) is -1.51.